The molecule has 0 bridgehead atoms. The number of para-hydroxylation sites is 3. The fraction of sp³-hybridized carbons (Fsp3) is 0. The van der Waals surface area contributed by atoms with Gasteiger partial charge in [0.05, 0.1) is 22.1 Å². The molecule has 0 N–H and O–H groups in total. The zero-order chi connectivity index (χ0) is 40.3. The topological polar surface area (TPSA) is 21.3 Å². The van der Waals surface area contributed by atoms with Gasteiger partial charge in [0.25, 0.3) is 0 Å². The van der Waals surface area contributed by atoms with Crippen LogP contribution in [0.5, 0.6) is 0 Å². The molecule has 0 aliphatic heterocycles. The van der Waals surface area contributed by atoms with Crippen molar-refractivity contribution in [1.29, 1.82) is 0 Å². The highest BCUT2D eigenvalue weighted by molar-refractivity contribution is 6.18. The molecule has 0 spiro atoms. The molecule has 10 aromatic carbocycles. The summed E-state index contributed by atoms with van der Waals surface area (Å²) >= 11 is 0. The number of furan rings is 1. The Balaban J connectivity index is 1.08. The van der Waals surface area contributed by atoms with Crippen LogP contribution in [0.4, 0.5) is 17.1 Å². The second kappa shape index (κ2) is 14.3. The first-order chi connectivity index (χ1) is 30.3. The molecule has 0 aliphatic carbocycles. The lowest BCUT2D eigenvalue weighted by molar-refractivity contribution is 0.670. The molecule has 0 fully saturated rings. The zero-order valence-corrected chi connectivity index (χ0v) is 33.2. The molecular formula is C58H38N2O. The Morgan fingerprint density at radius 3 is 1.89 bits per heavy atom. The van der Waals surface area contributed by atoms with Crippen LogP contribution in [0, 0.1) is 0 Å². The number of anilines is 3. The molecule has 0 radical (unpaired) electrons. The van der Waals surface area contributed by atoms with Crippen LogP contribution in [0.2, 0.25) is 0 Å². The van der Waals surface area contributed by atoms with E-state index in [1.807, 2.05) is 0 Å². The van der Waals surface area contributed by atoms with Crippen molar-refractivity contribution in [3.8, 4) is 39.1 Å². The summed E-state index contributed by atoms with van der Waals surface area (Å²) in [5, 5.41) is 7.10. The summed E-state index contributed by atoms with van der Waals surface area (Å²) < 4.78 is 9.19. The van der Waals surface area contributed by atoms with Gasteiger partial charge in [-0.15, -0.1) is 0 Å². The van der Waals surface area contributed by atoms with Gasteiger partial charge in [-0.3, -0.25) is 0 Å². The highest BCUT2D eigenvalue weighted by atomic mass is 16.3. The quantitative estimate of drug-likeness (QED) is 0.161. The molecule has 0 atom stereocenters. The van der Waals surface area contributed by atoms with Crippen molar-refractivity contribution < 1.29 is 4.42 Å². The van der Waals surface area contributed by atoms with Crippen LogP contribution >= 0.6 is 0 Å². The first-order valence-electron chi connectivity index (χ1n) is 20.8. The van der Waals surface area contributed by atoms with Crippen molar-refractivity contribution in [2.24, 2.45) is 0 Å². The van der Waals surface area contributed by atoms with Crippen LogP contribution in [-0.2, 0) is 0 Å². The van der Waals surface area contributed by atoms with Gasteiger partial charge < -0.3 is 13.9 Å². The SMILES string of the molecule is c1ccc(-c2ccc(N(c3ccc(-c4ccc5ccccc5c4)cc3)c3cccc(-c4cccc5c4c4ccccc4n5-c4ccccc4)c3)c3c2oc2ccccc23)cc1. The van der Waals surface area contributed by atoms with E-state index in [0.717, 1.165) is 61.4 Å². The Bertz CT molecular complexity index is 3580. The summed E-state index contributed by atoms with van der Waals surface area (Å²) in [6.07, 6.45) is 0. The summed E-state index contributed by atoms with van der Waals surface area (Å²) in [7, 11) is 0. The summed E-state index contributed by atoms with van der Waals surface area (Å²) in [6.45, 7) is 0. The largest absolute Gasteiger partial charge is 0.455 e. The van der Waals surface area contributed by atoms with Gasteiger partial charge in [0.1, 0.15) is 11.2 Å². The van der Waals surface area contributed by atoms with E-state index in [2.05, 4.69) is 240 Å². The van der Waals surface area contributed by atoms with Crippen LogP contribution in [0.15, 0.2) is 235 Å². The summed E-state index contributed by atoms with van der Waals surface area (Å²) in [6, 6.07) is 82.8. The monoisotopic (exact) mass is 778 g/mol. The van der Waals surface area contributed by atoms with Crippen molar-refractivity contribution in [1.82, 2.24) is 4.57 Å². The van der Waals surface area contributed by atoms with E-state index in [1.54, 1.807) is 0 Å². The highest BCUT2D eigenvalue weighted by Crippen LogP contribution is 2.47. The average molecular weight is 779 g/mol. The maximum Gasteiger partial charge on any atom is 0.145 e. The van der Waals surface area contributed by atoms with Crippen molar-refractivity contribution in [2.75, 3.05) is 4.90 Å². The molecule has 0 aliphatic rings. The third kappa shape index (κ3) is 5.82. The number of nitrogens with zero attached hydrogens (tertiary/aromatic N) is 2. The van der Waals surface area contributed by atoms with Gasteiger partial charge in [0.2, 0.25) is 0 Å². The third-order valence-corrected chi connectivity index (χ3v) is 12.2. The number of hydrogen-bond donors (Lipinski definition) is 0. The summed E-state index contributed by atoms with van der Waals surface area (Å²) in [5.74, 6) is 0. The predicted molar refractivity (Wildman–Crippen MR) is 257 cm³/mol. The number of fused-ring (bicyclic) bond motifs is 7. The Kier molecular flexibility index (Phi) is 8.17. The second-order valence-electron chi connectivity index (χ2n) is 15.7. The van der Waals surface area contributed by atoms with Gasteiger partial charge in [-0.05, 0) is 111 Å². The van der Waals surface area contributed by atoms with Crippen LogP contribution in [-0.4, -0.2) is 4.57 Å². The number of rotatable bonds is 7. The van der Waals surface area contributed by atoms with Gasteiger partial charge in [0.15, 0.2) is 0 Å². The maximum atomic E-state index is 6.80. The normalized spacial score (nSPS) is 11.6. The molecule has 0 saturated carbocycles. The van der Waals surface area contributed by atoms with Crippen LogP contribution in [0.1, 0.15) is 0 Å². The van der Waals surface area contributed by atoms with Crippen LogP contribution in [0.3, 0.4) is 0 Å². The van der Waals surface area contributed by atoms with Crippen molar-refractivity contribution in [3.63, 3.8) is 0 Å². The van der Waals surface area contributed by atoms with Gasteiger partial charge in [-0.25, -0.2) is 0 Å². The summed E-state index contributed by atoms with van der Waals surface area (Å²) in [4.78, 5) is 2.40. The lowest BCUT2D eigenvalue weighted by Crippen LogP contribution is -2.10. The Hall–Kier alpha value is -8.14. The molecular weight excluding hydrogens is 741 g/mol. The van der Waals surface area contributed by atoms with Gasteiger partial charge >= 0.3 is 0 Å². The van der Waals surface area contributed by atoms with Gasteiger partial charge in [-0.2, -0.15) is 0 Å². The third-order valence-electron chi connectivity index (χ3n) is 12.2. The number of benzene rings is 10. The highest BCUT2D eigenvalue weighted by Gasteiger charge is 2.23. The minimum atomic E-state index is 0.865. The van der Waals surface area contributed by atoms with Crippen molar-refractivity contribution in [3.05, 3.63) is 231 Å². The minimum Gasteiger partial charge on any atom is -0.455 e. The van der Waals surface area contributed by atoms with Crippen LogP contribution < -0.4 is 4.90 Å². The summed E-state index contributed by atoms with van der Waals surface area (Å²) in [5.41, 5.74) is 15.3. The fourth-order valence-corrected chi connectivity index (χ4v) is 9.37. The van der Waals surface area contributed by atoms with Gasteiger partial charge in [-0.1, -0.05) is 158 Å². The van der Waals surface area contributed by atoms with E-state index < -0.39 is 0 Å². The molecule has 12 aromatic rings. The smallest absolute Gasteiger partial charge is 0.145 e. The lowest BCUT2D eigenvalue weighted by Gasteiger charge is -2.27. The standard InChI is InChI=1S/C58H38N2O/c1-3-16-41(17-4-1)49-35-36-54(57-51-24-10-12-28-55(51)61-58(49)57)59(46-33-31-40(32-34-46)43-30-29-39-15-7-8-18-42(39)37-43)47-22-13-19-44(38-47)48-25-14-27-53-56(48)50-23-9-11-26-52(50)60(53)45-20-5-2-6-21-45/h1-38H. The molecule has 2 heterocycles. The minimum absolute atomic E-state index is 0.865. The molecule has 3 nitrogen and oxygen atoms in total. The van der Waals surface area contributed by atoms with Crippen LogP contribution in [0.25, 0.3) is 93.6 Å². The lowest BCUT2D eigenvalue weighted by atomic mass is 9.97. The number of hydrogen-bond acceptors (Lipinski definition) is 2. The van der Waals surface area contributed by atoms with E-state index in [0.29, 0.717) is 0 Å². The fourth-order valence-electron chi connectivity index (χ4n) is 9.37. The molecule has 0 unspecified atom stereocenters. The molecule has 61 heavy (non-hydrogen) atoms. The number of aromatic nitrogens is 1. The predicted octanol–water partition coefficient (Wildman–Crippen LogP) is 16.3. The zero-order valence-electron chi connectivity index (χ0n) is 33.2. The van der Waals surface area contributed by atoms with E-state index >= 15 is 0 Å². The first-order valence-corrected chi connectivity index (χ1v) is 20.8. The molecule has 2 aromatic heterocycles. The maximum absolute atomic E-state index is 6.80. The molecule has 3 heteroatoms. The Morgan fingerprint density at radius 1 is 0.361 bits per heavy atom. The second-order valence-corrected chi connectivity index (χ2v) is 15.7. The Morgan fingerprint density at radius 2 is 1.03 bits per heavy atom. The van der Waals surface area contributed by atoms with Crippen molar-refractivity contribution >= 4 is 71.6 Å². The molecule has 286 valence electrons. The van der Waals surface area contributed by atoms with E-state index in [-0.39, 0.29) is 0 Å². The van der Waals surface area contributed by atoms with Gasteiger partial charge in [0, 0.05) is 38.8 Å². The van der Waals surface area contributed by atoms with E-state index in [4.69, 9.17) is 4.42 Å². The van der Waals surface area contributed by atoms with E-state index in [1.165, 1.54) is 49.3 Å². The van der Waals surface area contributed by atoms with Crippen molar-refractivity contribution in [2.45, 2.75) is 0 Å². The molecule has 0 saturated heterocycles. The average Bonchev–Trinajstić information content (AvgIpc) is 3.89. The molecule has 0 amide bonds. The molecule has 12 rings (SSSR count). The van der Waals surface area contributed by atoms with E-state index in [9.17, 15) is 0 Å². The Labute approximate surface area is 353 Å². The first kappa shape index (κ1) is 34.9.